The van der Waals surface area contributed by atoms with Crippen molar-refractivity contribution >= 4 is 17.1 Å². The lowest BCUT2D eigenvalue weighted by Gasteiger charge is -2.12. The molecule has 0 saturated heterocycles. The molecule has 2 saturated carbocycles. The zero-order valence-corrected chi connectivity index (χ0v) is 22.2. The van der Waals surface area contributed by atoms with E-state index in [1.165, 1.54) is 6.33 Å². The van der Waals surface area contributed by atoms with Gasteiger partial charge in [0.05, 0.1) is 36.8 Å². The molecule has 2 fully saturated rings. The number of aliphatic hydroxyl groups is 1. The van der Waals surface area contributed by atoms with Crippen molar-refractivity contribution in [1.29, 1.82) is 0 Å². The number of aromatic nitrogens is 8. The minimum absolute atomic E-state index is 0.00323. The molecule has 4 heterocycles. The molecule has 2 N–H and O–H groups in total. The molecule has 10 nitrogen and oxygen atoms in total. The molecule has 1 aromatic carbocycles. The van der Waals surface area contributed by atoms with Gasteiger partial charge in [0.1, 0.15) is 11.4 Å². The lowest BCUT2D eigenvalue weighted by atomic mass is 10.0. The summed E-state index contributed by atoms with van der Waals surface area (Å²) in [6, 6.07) is 5.33. The van der Waals surface area contributed by atoms with Crippen molar-refractivity contribution in [2.24, 2.45) is 0 Å². The molecule has 2 aliphatic rings. The van der Waals surface area contributed by atoms with Gasteiger partial charge < -0.3 is 14.7 Å². The number of aliphatic hydroxyl groups excluding tert-OH is 1. The highest BCUT2D eigenvalue weighted by atomic mass is 19.4. The van der Waals surface area contributed by atoms with Gasteiger partial charge in [-0.1, -0.05) is 24.3 Å². The van der Waals surface area contributed by atoms with Gasteiger partial charge in [-0.05, 0) is 42.9 Å². The van der Waals surface area contributed by atoms with Crippen LogP contribution in [-0.4, -0.2) is 51.0 Å². The van der Waals surface area contributed by atoms with Crippen LogP contribution in [0.5, 0.6) is 0 Å². The molecule has 42 heavy (non-hydrogen) atoms. The number of halogens is 3. The molecule has 0 radical (unpaired) electrons. The Bertz CT molecular complexity index is 1900. The fourth-order valence-corrected chi connectivity index (χ4v) is 5.15. The standard InChI is InChI=1S/C29H25F3N8O2/c30-29(31,32)22-14-39(21-7-8-21)26(37-22)18-5-6-19(17(10-18)2-1-9-41)13-40-27-20(12-36-40)11-33-25(38-27)23-24(16-3-4-16)34-15-35-28(23)42/h1-2,5-6,10-12,14-16,21,41H,3-4,7-9,13H2,(H,34,35,42)/b2-1+. The third kappa shape index (κ3) is 4.89. The van der Waals surface area contributed by atoms with Crippen LogP contribution in [0.2, 0.25) is 0 Å². The second kappa shape index (κ2) is 10.0. The van der Waals surface area contributed by atoms with Gasteiger partial charge in [0.2, 0.25) is 0 Å². The average Bonchev–Trinajstić information content (AvgIpc) is 3.91. The summed E-state index contributed by atoms with van der Waals surface area (Å²) < 4.78 is 43.8. The summed E-state index contributed by atoms with van der Waals surface area (Å²) in [6.07, 6.45) is 8.00. The summed E-state index contributed by atoms with van der Waals surface area (Å²) in [5.41, 5.74) is 2.37. The van der Waals surface area contributed by atoms with E-state index in [9.17, 15) is 23.1 Å². The lowest BCUT2D eigenvalue weighted by molar-refractivity contribution is -0.140. The molecule has 0 spiro atoms. The quantitative estimate of drug-likeness (QED) is 0.274. The summed E-state index contributed by atoms with van der Waals surface area (Å²) in [6.45, 7) is 0.0674. The SMILES string of the molecule is O=c1[nH]cnc(C2CC2)c1-c1ncc2cnn(Cc3ccc(-c4nc(C(F)(F)F)cn4C4CC4)cc3/C=C/CO)c2n1. The maximum absolute atomic E-state index is 13.5. The Kier molecular flexibility index (Phi) is 6.26. The predicted octanol–water partition coefficient (Wildman–Crippen LogP) is 4.73. The number of H-pyrrole nitrogens is 1. The monoisotopic (exact) mass is 574 g/mol. The van der Waals surface area contributed by atoms with Gasteiger partial charge in [-0.2, -0.15) is 18.3 Å². The Morgan fingerprint density at radius 2 is 1.93 bits per heavy atom. The van der Waals surface area contributed by atoms with Crippen LogP contribution in [0.3, 0.4) is 0 Å². The number of nitrogens with zero attached hydrogens (tertiary/aromatic N) is 7. The van der Waals surface area contributed by atoms with Crippen molar-refractivity contribution in [2.45, 2.75) is 50.4 Å². The summed E-state index contributed by atoms with van der Waals surface area (Å²) in [4.78, 5) is 32.8. The average molecular weight is 575 g/mol. The fraction of sp³-hybridized carbons (Fsp3) is 0.310. The first-order valence-corrected chi connectivity index (χ1v) is 13.6. The van der Waals surface area contributed by atoms with Crippen LogP contribution in [-0.2, 0) is 12.7 Å². The Labute approximate surface area is 236 Å². The third-order valence-electron chi connectivity index (χ3n) is 7.54. The second-order valence-electron chi connectivity index (χ2n) is 10.6. The number of fused-ring (bicyclic) bond motifs is 1. The maximum atomic E-state index is 13.5. The second-order valence-corrected chi connectivity index (χ2v) is 10.6. The molecule has 0 atom stereocenters. The van der Waals surface area contributed by atoms with Crippen LogP contribution in [0.1, 0.15) is 60.2 Å². The van der Waals surface area contributed by atoms with E-state index in [4.69, 9.17) is 4.98 Å². The van der Waals surface area contributed by atoms with Gasteiger partial charge in [0.15, 0.2) is 17.2 Å². The van der Waals surface area contributed by atoms with Gasteiger partial charge in [-0.3, -0.25) is 4.79 Å². The molecule has 0 unspecified atom stereocenters. The van der Waals surface area contributed by atoms with Crippen LogP contribution in [0.25, 0.3) is 39.9 Å². The number of rotatable bonds is 8. The minimum atomic E-state index is -4.55. The van der Waals surface area contributed by atoms with Crippen LogP contribution >= 0.6 is 0 Å². The van der Waals surface area contributed by atoms with Crippen molar-refractivity contribution in [2.75, 3.05) is 6.61 Å². The summed E-state index contributed by atoms with van der Waals surface area (Å²) in [5.74, 6) is 0.738. The number of alkyl halides is 3. The van der Waals surface area contributed by atoms with Gasteiger partial charge in [0.25, 0.3) is 5.56 Å². The first-order chi connectivity index (χ1) is 20.3. The number of aromatic amines is 1. The summed E-state index contributed by atoms with van der Waals surface area (Å²) >= 11 is 0. The Morgan fingerprint density at radius 1 is 1.10 bits per heavy atom. The molecule has 2 aliphatic carbocycles. The summed E-state index contributed by atoms with van der Waals surface area (Å²) in [5, 5.41) is 14.6. The Balaban J connectivity index is 1.27. The van der Waals surface area contributed by atoms with E-state index < -0.39 is 11.9 Å². The van der Waals surface area contributed by atoms with Crippen molar-refractivity contribution in [3.63, 3.8) is 0 Å². The zero-order chi connectivity index (χ0) is 29.0. The van der Waals surface area contributed by atoms with E-state index in [1.807, 2.05) is 6.07 Å². The van der Waals surface area contributed by atoms with Crippen molar-refractivity contribution < 1.29 is 18.3 Å². The Morgan fingerprint density at radius 3 is 2.67 bits per heavy atom. The van der Waals surface area contributed by atoms with Crippen molar-refractivity contribution in [3.8, 4) is 22.8 Å². The molecule has 5 aromatic rings. The largest absolute Gasteiger partial charge is 0.434 e. The van der Waals surface area contributed by atoms with E-state index in [2.05, 4.69) is 25.0 Å². The van der Waals surface area contributed by atoms with Crippen LogP contribution < -0.4 is 5.56 Å². The fourth-order valence-electron chi connectivity index (χ4n) is 5.15. The van der Waals surface area contributed by atoms with E-state index in [0.717, 1.165) is 37.4 Å². The van der Waals surface area contributed by atoms with Crippen molar-refractivity contribution in [3.05, 3.63) is 82.1 Å². The lowest BCUT2D eigenvalue weighted by Crippen LogP contribution is -2.15. The zero-order valence-electron chi connectivity index (χ0n) is 22.2. The topological polar surface area (TPSA) is 127 Å². The molecule has 7 rings (SSSR count). The number of hydrogen-bond acceptors (Lipinski definition) is 7. The van der Waals surface area contributed by atoms with Crippen molar-refractivity contribution in [1.82, 2.24) is 39.3 Å². The molecule has 214 valence electrons. The molecule has 0 aliphatic heterocycles. The molecule has 13 heteroatoms. The van der Waals surface area contributed by atoms with Crippen LogP contribution in [0.15, 0.2) is 54.0 Å². The maximum Gasteiger partial charge on any atom is 0.434 e. The van der Waals surface area contributed by atoms with E-state index in [-0.39, 0.29) is 42.3 Å². The highest BCUT2D eigenvalue weighted by Gasteiger charge is 2.37. The van der Waals surface area contributed by atoms with Gasteiger partial charge >= 0.3 is 6.18 Å². The highest BCUT2D eigenvalue weighted by molar-refractivity contribution is 5.76. The Hall–Kier alpha value is -4.65. The normalized spacial score (nSPS) is 15.7. The number of imidazole rings is 1. The minimum Gasteiger partial charge on any atom is -0.392 e. The van der Waals surface area contributed by atoms with Gasteiger partial charge in [0, 0.05) is 29.9 Å². The van der Waals surface area contributed by atoms with Gasteiger partial charge in [-0.25, -0.2) is 24.6 Å². The van der Waals surface area contributed by atoms with Gasteiger partial charge in [-0.15, -0.1) is 0 Å². The summed E-state index contributed by atoms with van der Waals surface area (Å²) in [7, 11) is 0. The van der Waals surface area contributed by atoms with E-state index in [1.54, 1.807) is 45.9 Å². The van der Waals surface area contributed by atoms with Crippen LogP contribution in [0.4, 0.5) is 13.2 Å². The number of hydrogen-bond donors (Lipinski definition) is 2. The first kappa shape index (κ1) is 26.3. The molecular formula is C29H25F3N8O2. The third-order valence-corrected chi connectivity index (χ3v) is 7.54. The molecule has 0 amide bonds. The van der Waals surface area contributed by atoms with E-state index in [0.29, 0.717) is 33.4 Å². The highest BCUT2D eigenvalue weighted by Crippen LogP contribution is 2.42. The van der Waals surface area contributed by atoms with Crippen LogP contribution in [0, 0.1) is 0 Å². The molecule has 0 bridgehead atoms. The first-order valence-electron chi connectivity index (χ1n) is 13.6. The van der Waals surface area contributed by atoms with E-state index >= 15 is 0 Å². The number of nitrogens with one attached hydrogen (secondary N) is 1. The smallest absolute Gasteiger partial charge is 0.392 e. The molecule has 4 aromatic heterocycles. The number of benzene rings is 1. The predicted molar refractivity (Wildman–Crippen MR) is 147 cm³/mol. The molecular weight excluding hydrogens is 549 g/mol.